The standard InChI is InChI=1S/C13H16Cl2N2O2/c1-9-2-3-10(14)13(12(9)15)16-11(18)8-17-4-6-19-7-5-17/h2-3H,4-8H2,1H3,(H,16,18)/p+1. The van der Waals surface area contributed by atoms with E-state index in [1.165, 1.54) is 4.90 Å². The van der Waals surface area contributed by atoms with Gasteiger partial charge >= 0.3 is 0 Å². The van der Waals surface area contributed by atoms with Gasteiger partial charge in [-0.2, -0.15) is 0 Å². The summed E-state index contributed by atoms with van der Waals surface area (Å²) in [5, 5.41) is 3.76. The minimum Gasteiger partial charge on any atom is -0.370 e. The lowest BCUT2D eigenvalue weighted by atomic mass is 10.2. The number of aryl methyl sites for hydroxylation is 1. The van der Waals surface area contributed by atoms with Gasteiger partial charge < -0.3 is 15.0 Å². The van der Waals surface area contributed by atoms with Gasteiger partial charge in [0.2, 0.25) is 0 Å². The Morgan fingerprint density at radius 3 is 2.74 bits per heavy atom. The molecule has 0 aromatic heterocycles. The van der Waals surface area contributed by atoms with Gasteiger partial charge in [0.15, 0.2) is 6.54 Å². The molecular formula is C13H17Cl2N2O2+. The Morgan fingerprint density at radius 1 is 1.37 bits per heavy atom. The first-order valence-corrected chi connectivity index (χ1v) is 6.99. The number of benzene rings is 1. The van der Waals surface area contributed by atoms with Crippen molar-refractivity contribution in [1.29, 1.82) is 0 Å². The van der Waals surface area contributed by atoms with Gasteiger partial charge in [-0.05, 0) is 18.6 Å². The van der Waals surface area contributed by atoms with Crippen molar-refractivity contribution in [2.45, 2.75) is 6.92 Å². The van der Waals surface area contributed by atoms with Gasteiger partial charge in [-0.3, -0.25) is 4.79 Å². The van der Waals surface area contributed by atoms with E-state index in [0.29, 0.717) is 35.5 Å². The first-order valence-electron chi connectivity index (χ1n) is 6.23. The highest BCUT2D eigenvalue weighted by atomic mass is 35.5. The molecule has 0 spiro atoms. The largest absolute Gasteiger partial charge is 0.370 e. The van der Waals surface area contributed by atoms with Gasteiger partial charge in [0.25, 0.3) is 5.91 Å². The third-order valence-electron chi connectivity index (χ3n) is 3.16. The summed E-state index contributed by atoms with van der Waals surface area (Å²) in [7, 11) is 0. The first kappa shape index (κ1) is 14.6. The molecule has 0 saturated carbocycles. The van der Waals surface area contributed by atoms with Gasteiger partial charge in [-0.25, -0.2) is 0 Å². The van der Waals surface area contributed by atoms with E-state index in [1.807, 2.05) is 13.0 Å². The normalized spacial score (nSPS) is 16.4. The summed E-state index contributed by atoms with van der Waals surface area (Å²) in [5.74, 6) is -0.0775. The summed E-state index contributed by atoms with van der Waals surface area (Å²) >= 11 is 12.2. The average molecular weight is 304 g/mol. The van der Waals surface area contributed by atoms with E-state index in [9.17, 15) is 4.79 Å². The van der Waals surface area contributed by atoms with E-state index in [4.69, 9.17) is 27.9 Å². The van der Waals surface area contributed by atoms with E-state index < -0.39 is 0 Å². The molecule has 1 saturated heterocycles. The van der Waals surface area contributed by atoms with Crippen molar-refractivity contribution < 1.29 is 14.4 Å². The van der Waals surface area contributed by atoms with Crippen LogP contribution in [0.1, 0.15) is 5.56 Å². The summed E-state index contributed by atoms with van der Waals surface area (Å²) in [6, 6.07) is 3.56. The number of carbonyl (C=O) groups excluding carboxylic acids is 1. The highest BCUT2D eigenvalue weighted by molar-refractivity contribution is 6.40. The molecule has 2 rings (SSSR count). The van der Waals surface area contributed by atoms with E-state index in [1.54, 1.807) is 6.07 Å². The topological polar surface area (TPSA) is 42.8 Å². The molecule has 1 aromatic rings. The Balaban J connectivity index is 2.00. The Bertz CT molecular complexity index is 474. The lowest BCUT2D eigenvalue weighted by molar-refractivity contribution is -0.899. The molecule has 19 heavy (non-hydrogen) atoms. The highest BCUT2D eigenvalue weighted by Crippen LogP contribution is 2.32. The van der Waals surface area contributed by atoms with Crippen LogP contribution < -0.4 is 10.2 Å². The molecule has 6 heteroatoms. The number of ether oxygens (including phenoxy) is 1. The zero-order valence-electron chi connectivity index (χ0n) is 10.8. The summed E-state index contributed by atoms with van der Waals surface area (Å²) in [6.07, 6.45) is 0. The van der Waals surface area contributed by atoms with Crippen LogP contribution >= 0.6 is 23.2 Å². The average Bonchev–Trinajstić information content (AvgIpc) is 2.40. The summed E-state index contributed by atoms with van der Waals surface area (Å²) in [6.45, 7) is 5.39. The molecule has 1 fully saturated rings. The molecule has 1 aliphatic heterocycles. The molecule has 1 aliphatic rings. The summed E-state index contributed by atoms with van der Waals surface area (Å²) in [4.78, 5) is 13.2. The fourth-order valence-corrected chi connectivity index (χ4v) is 2.48. The van der Waals surface area contributed by atoms with Gasteiger partial charge in [-0.1, -0.05) is 29.3 Å². The van der Waals surface area contributed by atoms with Gasteiger partial charge in [-0.15, -0.1) is 0 Å². The third kappa shape index (κ3) is 3.83. The Hall–Kier alpha value is -0.810. The van der Waals surface area contributed by atoms with E-state index in [2.05, 4.69) is 5.32 Å². The van der Waals surface area contributed by atoms with Crippen LogP contribution in [-0.4, -0.2) is 38.8 Å². The number of morpholine rings is 1. The van der Waals surface area contributed by atoms with Crippen LogP contribution in [0.3, 0.4) is 0 Å². The first-order chi connectivity index (χ1) is 9.08. The molecule has 0 radical (unpaired) electrons. The molecule has 0 unspecified atom stereocenters. The van der Waals surface area contributed by atoms with Crippen molar-refractivity contribution in [2.24, 2.45) is 0 Å². The van der Waals surface area contributed by atoms with Crippen molar-refractivity contribution in [2.75, 3.05) is 38.2 Å². The number of halogens is 2. The molecule has 4 nitrogen and oxygen atoms in total. The molecule has 0 atom stereocenters. The molecule has 104 valence electrons. The molecule has 1 amide bonds. The fraction of sp³-hybridized carbons (Fsp3) is 0.462. The molecule has 0 bridgehead atoms. The SMILES string of the molecule is Cc1ccc(Cl)c(NC(=O)C[NH+]2CCOCC2)c1Cl. The number of quaternary nitrogens is 1. The predicted molar refractivity (Wildman–Crippen MR) is 76.2 cm³/mol. The lowest BCUT2D eigenvalue weighted by Crippen LogP contribution is -3.15. The van der Waals surface area contributed by atoms with Crippen molar-refractivity contribution in [1.82, 2.24) is 0 Å². The van der Waals surface area contributed by atoms with Gasteiger partial charge in [0, 0.05) is 0 Å². The summed E-state index contributed by atoms with van der Waals surface area (Å²) < 4.78 is 5.26. The maximum atomic E-state index is 12.0. The van der Waals surface area contributed by atoms with Crippen LogP contribution in [0.15, 0.2) is 12.1 Å². The molecule has 1 aromatic carbocycles. The van der Waals surface area contributed by atoms with Crippen molar-refractivity contribution in [3.05, 3.63) is 27.7 Å². The second kappa shape index (κ2) is 6.57. The molecule has 0 aliphatic carbocycles. The van der Waals surface area contributed by atoms with E-state index in [0.717, 1.165) is 18.7 Å². The Labute approximate surface area is 122 Å². The van der Waals surface area contributed by atoms with Crippen LogP contribution in [-0.2, 0) is 9.53 Å². The number of anilines is 1. The van der Waals surface area contributed by atoms with Crippen LogP contribution in [0.4, 0.5) is 5.69 Å². The number of hydrogen-bond donors (Lipinski definition) is 2. The maximum Gasteiger partial charge on any atom is 0.279 e. The monoisotopic (exact) mass is 303 g/mol. The van der Waals surface area contributed by atoms with Gasteiger partial charge in [0.05, 0.1) is 28.9 Å². The van der Waals surface area contributed by atoms with Crippen LogP contribution in [0.2, 0.25) is 10.0 Å². The zero-order valence-corrected chi connectivity index (χ0v) is 12.3. The lowest BCUT2D eigenvalue weighted by Gasteiger charge is -2.23. The van der Waals surface area contributed by atoms with E-state index in [-0.39, 0.29) is 5.91 Å². The number of rotatable bonds is 3. The fourth-order valence-electron chi connectivity index (χ4n) is 2.02. The van der Waals surface area contributed by atoms with Crippen LogP contribution in [0, 0.1) is 6.92 Å². The maximum absolute atomic E-state index is 12.0. The van der Waals surface area contributed by atoms with Crippen molar-refractivity contribution >= 4 is 34.8 Å². The minimum atomic E-state index is -0.0775. The smallest absolute Gasteiger partial charge is 0.279 e. The second-order valence-electron chi connectivity index (χ2n) is 4.64. The van der Waals surface area contributed by atoms with Crippen molar-refractivity contribution in [3.8, 4) is 0 Å². The van der Waals surface area contributed by atoms with Crippen molar-refractivity contribution in [3.63, 3.8) is 0 Å². The molecular weight excluding hydrogens is 287 g/mol. The number of carbonyl (C=O) groups is 1. The molecule has 2 N–H and O–H groups in total. The van der Waals surface area contributed by atoms with Crippen LogP contribution in [0.25, 0.3) is 0 Å². The number of nitrogens with one attached hydrogen (secondary N) is 2. The second-order valence-corrected chi connectivity index (χ2v) is 5.43. The quantitative estimate of drug-likeness (QED) is 0.880. The Kier molecular flexibility index (Phi) is 5.05. The number of amides is 1. The van der Waals surface area contributed by atoms with E-state index >= 15 is 0 Å². The highest BCUT2D eigenvalue weighted by Gasteiger charge is 2.19. The molecule has 1 heterocycles. The Morgan fingerprint density at radius 2 is 2.05 bits per heavy atom. The van der Waals surface area contributed by atoms with Gasteiger partial charge in [0.1, 0.15) is 13.1 Å². The third-order valence-corrected chi connectivity index (χ3v) is 3.96. The number of hydrogen-bond acceptors (Lipinski definition) is 2. The zero-order chi connectivity index (χ0) is 13.8. The predicted octanol–water partition coefficient (Wildman–Crippen LogP) is 1.16. The summed E-state index contributed by atoms with van der Waals surface area (Å²) in [5.41, 5.74) is 1.39. The van der Waals surface area contributed by atoms with Crippen LogP contribution in [0.5, 0.6) is 0 Å². The minimum absolute atomic E-state index is 0.0775.